The number of benzene rings is 1. The van der Waals surface area contributed by atoms with Crippen LogP contribution in [0, 0.1) is 31.6 Å². The summed E-state index contributed by atoms with van der Waals surface area (Å²) in [5, 5.41) is 7.72. The molecule has 3 aromatic rings. The molecule has 7 heteroatoms. The van der Waals surface area contributed by atoms with E-state index in [1.165, 1.54) is 5.56 Å². The maximum atomic E-state index is 13.3. The van der Waals surface area contributed by atoms with E-state index < -0.39 is 0 Å². The van der Waals surface area contributed by atoms with Gasteiger partial charge in [-0.1, -0.05) is 18.9 Å². The fourth-order valence-electron chi connectivity index (χ4n) is 4.28. The number of aromatic nitrogens is 3. The number of anilines is 2. The van der Waals surface area contributed by atoms with E-state index in [0.717, 1.165) is 47.7 Å². The lowest BCUT2D eigenvalue weighted by Gasteiger charge is -2.23. The van der Waals surface area contributed by atoms with Crippen LogP contribution in [-0.4, -0.2) is 33.2 Å². The van der Waals surface area contributed by atoms with Crippen LogP contribution in [0.5, 0.6) is 0 Å². The Morgan fingerprint density at radius 2 is 2.03 bits per heavy atom. The van der Waals surface area contributed by atoms with E-state index in [2.05, 4.69) is 63.1 Å². The first kappa shape index (κ1) is 21.0. The lowest BCUT2D eigenvalue weighted by atomic mass is 10.0. The number of aryl methyl sites for hydroxylation is 3. The summed E-state index contributed by atoms with van der Waals surface area (Å²) in [6.07, 6.45) is 3.46. The molecule has 1 aromatic carbocycles. The number of pyridine rings is 1. The molecule has 0 saturated heterocycles. The predicted molar refractivity (Wildman–Crippen MR) is 130 cm³/mol. The smallest absolute Gasteiger partial charge is 0.280 e. The van der Waals surface area contributed by atoms with Gasteiger partial charge in [0.1, 0.15) is 5.69 Å². The Morgan fingerprint density at radius 3 is 2.88 bits per heavy atom. The van der Waals surface area contributed by atoms with Crippen LogP contribution in [0.1, 0.15) is 47.1 Å². The monoisotopic (exact) mass is 438 g/mol. The molecule has 0 radical (unpaired) electrons. The molecular weight excluding hydrogens is 412 g/mol. The number of hydrogen-bond donors (Lipinski definition) is 1. The molecule has 2 bridgehead atoms. The third-order valence-electron chi connectivity index (χ3n) is 6.03. The number of fused-ring (bicyclic) bond motifs is 7. The van der Waals surface area contributed by atoms with Crippen molar-refractivity contribution >= 4 is 23.2 Å². The number of nitrogens with one attached hydrogen (secondary N) is 1. The molecular formula is C26H26N6O. The summed E-state index contributed by atoms with van der Waals surface area (Å²) in [5.74, 6) is 7.21. The van der Waals surface area contributed by atoms with Crippen molar-refractivity contribution in [2.45, 2.75) is 33.6 Å². The minimum absolute atomic E-state index is 0.308. The number of rotatable bonds is 0. The molecule has 2 aromatic heterocycles. The van der Waals surface area contributed by atoms with Crippen molar-refractivity contribution in [3.05, 3.63) is 59.0 Å². The van der Waals surface area contributed by atoms with Crippen molar-refractivity contribution in [1.29, 1.82) is 0 Å². The molecule has 7 nitrogen and oxygen atoms in total. The van der Waals surface area contributed by atoms with Gasteiger partial charge < -0.3 is 10.2 Å². The molecule has 0 saturated carbocycles. The summed E-state index contributed by atoms with van der Waals surface area (Å²) in [5.41, 5.74) is 6.71. The summed E-state index contributed by atoms with van der Waals surface area (Å²) in [4.78, 5) is 24.6. The highest BCUT2D eigenvalue weighted by Crippen LogP contribution is 2.34. The third-order valence-corrected chi connectivity index (χ3v) is 6.03. The van der Waals surface area contributed by atoms with Crippen LogP contribution in [0.2, 0.25) is 0 Å². The van der Waals surface area contributed by atoms with Crippen LogP contribution in [-0.2, 0) is 7.05 Å². The standard InChI is InChI=1S/C26H26N6O/c1-16-9-10-21-24(11-16)32-15-17(2)7-5-6-8-23-20(14-27-31(23)4)22-13-19(12-18(3)28-22)25(33)30-26(32)29-21/h9-14,17H,5,7,15H2,1-4H3,(H,29,30,33)/t17-/m1/s1. The highest BCUT2D eigenvalue weighted by molar-refractivity contribution is 6.19. The van der Waals surface area contributed by atoms with E-state index in [1.54, 1.807) is 23.0 Å². The third kappa shape index (κ3) is 4.00. The average Bonchev–Trinajstić information content (AvgIpc) is 3.30. The first-order valence-electron chi connectivity index (χ1n) is 11.2. The van der Waals surface area contributed by atoms with Gasteiger partial charge in [0, 0.05) is 31.3 Å². The summed E-state index contributed by atoms with van der Waals surface area (Å²) in [7, 11) is 1.87. The second-order valence-electron chi connectivity index (χ2n) is 8.86. The molecule has 0 spiro atoms. The van der Waals surface area contributed by atoms with Crippen LogP contribution in [0.4, 0.5) is 11.4 Å². The summed E-state index contributed by atoms with van der Waals surface area (Å²) in [6.45, 7) is 6.90. The number of hydrogen-bond acceptors (Lipinski definition) is 5. The molecule has 1 N–H and O–H groups in total. The Kier molecular flexibility index (Phi) is 5.21. The molecule has 1 atom stereocenters. The van der Waals surface area contributed by atoms with Crippen molar-refractivity contribution in [1.82, 2.24) is 14.8 Å². The predicted octanol–water partition coefficient (Wildman–Crippen LogP) is 4.31. The van der Waals surface area contributed by atoms with E-state index in [-0.39, 0.29) is 5.91 Å². The van der Waals surface area contributed by atoms with Crippen LogP contribution in [0.3, 0.4) is 0 Å². The Hall–Kier alpha value is -3.92. The zero-order valence-corrected chi connectivity index (χ0v) is 19.3. The number of amides is 1. The van der Waals surface area contributed by atoms with Gasteiger partial charge in [-0.25, -0.2) is 0 Å². The van der Waals surface area contributed by atoms with Gasteiger partial charge in [-0.15, -0.1) is 0 Å². The largest absolute Gasteiger partial charge is 0.324 e. The van der Waals surface area contributed by atoms with Gasteiger partial charge in [0.15, 0.2) is 0 Å². The Bertz CT molecular complexity index is 1360. The zero-order chi connectivity index (χ0) is 23.1. The highest BCUT2D eigenvalue weighted by Gasteiger charge is 2.28. The lowest BCUT2D eigenvalue weighted by molar-refractivity contribution is 0.100. The minimum atomic E-state index is -0.308. The summed E-state index contributed by atoms with van der Waals surface area (Å²) >= 11 is 0. The average molecular weight is 439 g/mol. The van der Waals surface area contributed by atoms with Gasteiger partial charge in [0.25, 0.3) is 5.91 Å². The van der Waals surface area contributed by atoms with Gasteiger partial charge in [-0.3, -0.25) is 14.5 Å². The van der Waals surface area contributed by atoms with Crippen molar-refractivity contribution in [2.24, 2.45) is 18.0 Å². The van der Waals surface area contributed by atoms with Crippen molar-refractivity contribution in [2.75, 3.05) is 16.8 Å². The molecule has 2 aliphatic rings. The van der Waals surface area contributed by atoms with E-state index >= 15 is 0 Å². The summed E-state index contributed by atoms with van der Waals surface area (Å²) in [6, 6.07) is 9.78. The molecule has 4 heterocycles. The van der Waals surface area contributed by atoms with Crippen molar-refractivity contribution < 1.29 is 4.79 Å². The lowest BCUT2D eigenvalue weighted by Crippen LogP contribution is -2.35. The summed E-state index contributed by atoms with van der Waals surface area (Å²) < 4.78 is 1.76. The zero-order valence-electron chi connectivity index (χ0n) is 19.3. The van der Waals surface area contributed by atoms with Gasteiger partial charge >= 0.3 is 0 Å². The molecule has 166 valence electrons. The molecule has 0 fully saturated rings. The topological polar surface area (TPSA) is 75.4 Å². The van der Waals surface area contributed by atoms with E-state index in [9.17, 15) is 4.79 Å². The fraction of sp³-hybridized carbons (Fsp3) is 0.308. The maximum absolute atomic E-state index is 13.3. The Balaban J connectivity index is 1.64. The highest BCUT2D eigenvalue weighted by atomic mass is 16.1. The quantitative estimate of drug-likeness (QED) is 0.530. The maximum Gasteiger partial charge on any atom is 0.280 e. The first-order chi connectivity index (χ1) is 15.9. The van der Waals surface area contributed by atoms with Crippen LogP contribution >= 0.6 is 0 Å². The van der Waals surface area contributed by atoms with E-state index in [4.69, 9.17) is 0 Å². The molecule has 2 aliphatic heterocycles. The number of aliphatic imine (C=N–C) groups is 1. The van der Waals surface area contributed by atoms with Gasteiger partial charge in [-0.2, -0.15) is 10.1 Å². The van der Waals surface area contributed by atoms with Crippen LogP contribution in [0.15, 0.2) is 41.5 Å². The minimum Gasteiger partial charge on any atom is -0.324 e. The Labute approximate surface area is 193 Å². The molecule has 5 rings (SSSR count). The second-order valence-corrected chi connectivity index (χ2v) is 8.86. The number of nitrogens with zero attached hydrogens (tertiary/aromatic N) is 5. The molecule has 0 unspecified atom stereocenters. The fourth-order valence-corrected chi connectivity index (χ4v) is 4.28. The van der Waals surface area contributed by atoms with Crippen molar-refractivity contribution in [3.63, 3.8) is 0 Å². The molecule has 1 amide bonds. The normalized spacial score (nSPS) is 19.0. The number of guanidine groups is 1. The van der Waals surface area contributed by atoms with Crippen molar-refractivity contribution in [3.8, 4) is 23.1 Å². The SMILES string of the molecule is Cc1ccc2c(c1)N1C[C@H](C)CCC#Cc3c(cnn3C)-c3cc(cc(C)n3)C(=O)/N=C/1N2. The van der Waals surface area contributed by atoms with E-state index in [1.807, 2.05) is 20.0 Å². The number of carbonyl (C=O) groups is 1. The number of carbonyl (C=O) groups excluding carboxylic acids is 1. The molecule has 33 heavy (non-hydrogen) atoms. The van der Waals surface area contributed by atoms with Gasteiger partial charge in [0.2, 0.25) is 5.96 Å². The van der Waals surface area contributed by atoms with Gasteiger partial charge in [0.05, 0.1) is 28.8 Å². The van der Waals surface area contributed by atoms with Gasteiger partial charge in [-0.05, 0) is 61.9 Å². The second kappa shape index (κ2) is 8.21. The Morgan fingerprint density at radius 1 is 1.18 bits per heavy atom. The molecule has 0 aliphatic carbocycles. The van der Waals surface area contributed by atoms with Crippen LogP contribution in [0.25, 0.3) is 11.3 Å². The van der Waals surface area contributed by atoms with E-state index in [0.29, 0.717) is 23.1 Å². The first-order valence-corrected chi connectivity index (χ1v) is 11.2. The van der Waals surface area contributed by atoms with Crippen LogP contribution < -0.4 is 10.2 Å².